The van der Waals surface area contributed by atoms with E-state index in [1.807, 2.05) is 5.32 Å². The molecule has 0 bridgehead atoms. The molecule has 3 aromatic carbocycles. The lowest BCUT2D eigenvalue weighted by Crippen LogP contribution is -2.42. The summed E-state index contributed by atoms with van der Waals surface area (Å²) in [6.45, 7) is -0.841. The molecular formula is C23H16F6N2O3S. The lowest BCUT2D eigenvalue weighted by Gasteiger charge is -2.22. The van der Waals surface area contributed by atoms with Crippen LogP contribution in [0, 0.1) is 17.5 Å². The maximum absolute atomic E-state index is 14.3. The Labute approximate surface area is 199 Å². The van der Waals surface area contributed by atoms with Crippen molar-refractivity contribution >= 4 is 29.4 Å². The number of thioether (sulfide) groups is 1. The minimum Gasteiger partial charge on any atom is -0.356 e. The standard InChI is InChI=1S/C23H16F6N2O3S/c24-16-7-4-8-17(25)20(16)21(32)31(13-34-12-14-5-2-1-3-6-14)22(33)30-19-10-9-15(11-18(19)26)35-23(27,28)29/h1-11H,12-13H2,(H,30,33). The molecule has 0 unspecified atom stereocenters. The van der Waals surface area contributed by atoms with E-state index in [4.69, 9.17) is 4.74 Å². The fourth-order valence-electron chi connectivity index (χ4n) is 2.85. The van der Waals surface area contributed by atoms with E-state index < -0.39 is 69.5 Å². The number of alkyl halides is 3. The van der Waals surface area contributed by atoms with Crippen molar-refractivity contribution in [3.8, 4) is 0 Å². The van der Waals surface area contributed by atoms with E-state index in [-0.39, 0.29) is 6.61 Å². The molecule has 184 valence electrons. The highest BCUT2D eigenvalue weighted by Crippen LogP contribution is 2.37. The maximum atomic E-state index is 14.3. The van der Waals surface area contributed by atoms with E-state index in [1.54, 1.807) is 30.3 Å². The molecular weight excluding hydrogens is 498 g/mol. The van der Waals surface area contributed by atoms with Crippen LogP contribution in [-0.4, -0.2) is 29.1 Å². The van der Waals surface area contributed by atoms with Crippen LogP contribution in [-0.2, 0) is 11.3 Å². The lowest BCUT2D eigenvalue weighted by atomic mass is 10.1. The number of anilines is 1. The van der Waals surface area contributed by atoms with Crippen LogP contribution in [0.25, 0.3) is 0 Å². The number of ether oxygens (including phenoxy) is 1. The smallest absolute Gasteiger partial charge is 0.356 e. The van der Waals surface area contributed by atoms with E-state index in [0.717, 1.165) is 30.3 Å². The molecule has 0 radical (unpaired) electrons. The van der Waals surface area contributed by atoms with Gasteiger partial charge in [0.25, 0.3) is 5.91 Å². The molecule has 0 fully saturated rings. The number of imide groups is 1. The zero-order chi connectivity index (χ0) is 25.6. The number of nitrogens with one attached hydrogen (secondary N) is 1. The molecule has 3 rings (SSSR count). The van der Waals surface area contributed by atoms with Gasteiger partial charge in [0.2, 0.25) is 0 Å². The third-order valence-corrected chi connectivity index (χ3v) is 5.14. The topological polar surface area (TPSA) is 58.6 Å². The third kappa shape index (κ3) is 7.23. The van der Waals surface area contributed by atoms with E-state index in [2.05, 4.69) is 0 Å². The van der Waals surface area contributed by atoms with Crippen LogP contribution in [0.5, 0.6) is 0 Å². The van der Waals surface area contributed by atoms with Crippen LogP contribution in [0.1, 0.15) is 15.9 Å². The Balaban J connectivity index is 1.82. The van der Waals surface area contributed by atoms with Gasteiger partial charge in [0.05, 0.1) is 12.3 Å². The molecule has 3 amide bonds. The monoisotopic (exact) mass is 514 g/mol. The first-order valence-corrected chi connectivity index (χ1v) is 10.6. The fourth-order valence-corrected chi connectivity index (χ4v) is 3.42. The van der Waals surface area contributed by atoms with Crippen molar-refractivity contribution in [1.82, 2.24) is 4.90 Å². The zero-order valence-electron chi connectivity index (χ0n) is 17.6. The Kier molecular flexibility index (Phi) is 8.41. The first kappa shape index (κ1) is 26.1. The molecule has 0 heterocycles. The van der Waals surface area contributed by atoms with Crippen LogP contribution in [0.4, 0.5) is 36.8 Å². The molecule has 0 aliphatic carbocycles. The number of urea groups is 1. The molecule has 0 spiro atoms. The predicted octanol–water partition coefficient (Wildman–Crippen LogP) is 6.56. The summed E-state index contributed by atoms with van der Waals surface area (Å²) in [6.07, 6.45) is 0. The SMILES string of the molecule is O=C(Nc1ccc(SC(F)(F)F)cc1F)N(COCc1ccccc1)C(=O)c1c(F)cccc1F. The van der Waals surface area contributed by atoms with E-state index in [1.165, 1.54) is 0 Å². The third-order valence-electron chi connectivity index (χ3n) is 4.41. The molecule has 0 aromatic heterocycles. The van der Waals surface area contributed by atoms with Gasteiger partial charge in [-0.2, -0.15) is 13.2 Å². The number of nitrogens with zero attached hydrogens (tertiary/aromatic N) is 1. The Morgan fingerprint density at radius 1 is 0.886 bits per heavy atom. The van der Waals surface area contributed by atoms with Crippen LogP contribution in [0.15, 0.2) is 71.6 Å². The molecule has 5 nitrogen and oxygen atoms in total. The van der Waals surface area contributed by atoms with Gasteiger partial charge in [-0.3, -0.25) is 4.79 Å². The molecule has 1 N–H and O–H groups in total. The van der Waals surface area contributed by atoms with Gasteiger partial charge in [-0.05, 0) is 47.7 Å². The summed E-state index contributed by atoms with van der Waals surface area (Å²) in [6, 6.07) is 12.2. The Morgan fingerprint density at radius 3 is 2.14 bits per heavy atom. The number of carbonyl (C=O) groups excluding carboxylic acids is 2. The van der Waals surface area contributed by atoms with E-state index in [0.29, 0.717) is 16.5 Å². The molecule has 35 heavy (non-hydrogen) atoms. The largest absolute Gasteiger partial charge is 0.446 e. The molecule has 0 saturated carbocycles. The van der Waals surface area contributed by atoms with Crippen molar-refractivity contribution in [2.45, 2.75) is 17.0 Å². The van der Waals surface area contributed by atoms with E-state index >= 15 is 0 Å². The highest BCUT2D eigenvalue weighted by molar-refractivity contribution is 8.00. The van der Waals surface area contributed by atoms with Gasteiger partial charge in [-0.15, -0.1) is 0 Å². The Morgan fingerprint density at radius 2 is 1.54 bits per heavy atom. The molecule has 12 heteroatoms. The quantitative estimate of drug-likeness (QED) is 0.220. The van der Waals surface area contributed by atoms with Crippen molar-refractivity contribution in [2.75, 3.05) is 12.0 Å². The van der Waals surface area contributed by atoms with Crippen molar-refractivity contribution < 1.29 is 40.7 Å². The van der Waals surface area contributed by atoms with Crippen molar-refractivity contribution in [3.05, 3.63) is 95.3 Å². The van der Waals surface area contributed by atoms with E-state index in [9.17, 15) is 35.9 Å². The van der Waals surface area contributed by atoms with Gasteiger partial charge in [-0.25, -0.2) is 22.9 Å². The number of benzene rings is 3. The fraction of sp³-hybridized carbons (Fsp3) is 0.130. The highest BCUT2D eigenvalue weighted by atomic mass is 32.2. The summed E-state index contributed by atoms with van der Waals surface area (Å²) in [5.74, 6) is -5.11. The number of carbonyl (C=O) groups is 2. The van der Waals surface area contributed by atoms with Gasteiger partial charge >= 0.3 is 11.5 Å². The number of rotatable bonds is 7. The molecule has 0 aliphatic rings. The molecule has 0 aliphatic heterocycles. The van der Waals surface area contributed by atoms with Crippen LogP contribution in [0.3, 0.4) is 0 Å². The van der Waals surface area contributed by atoms with Crippen molar-refractivity contribution in [1.29, 1.82) is 0 Å². The summed E-state index contributed by atoms with van der Waals surface area (Å²) in [7, 11) is 0. The first-order chi connectivity index (χ1) is 16.5. The van der Waals surface area contributed by atoms with Gasteiger partial charge in [0, 0.05) is 4.90 Å². The second-order valence-corrected chi connectivity index (χ2v) is 8.05. The van der Waals surface area contributed by atoms with Gasteiger partial charge < -0.3 is 10.1 Å². The van der Waals surface area contributed by atoms with Gasteiger partial charge in [0.15, 0.2) is 0 Å². The maximum Gasteiger partial charge on any atom is 0.446 e. The number of hydrogen-bond acceptors (Lipinski definition) is 4. The highest BCUT2D eigenvalue weighted by Gasteiger charge is 2.31. The molecule has 0 atom stereocenters. The second-order valence-electron chi connectivity index (χ2n) is 6.91. The number of halogens is 6. The molecule has 0 saturated heterocycles. The zero-order valence-corrected chi connectivity index (χ0v) is 18.4. The second kappa shape index (κ2) is 11.3. The summed E-state index contributed by atoms with van der Waals surface area (Å²) in [4.78, 5) is 25.5. The average molecular weight is 514 g/mol. The summed E-state index contributed by atoms with van der Waals surface area (Å²) < 4.78 is 85.5. The van der Waals surface area contributed by atoms with Crippen molar-refractivity contribution in [3.63, 3.8) is 0 Å². The normalized spacial score (nSPS) is 11.3. The minimum atomic E-state index is -4.65. The number of amides is 3. The summed E-state index contributed by atoms with van der Waals surface area (Å²) >= 11 is -0.557. The van der Waals surface area contributed by atoms with Crippen LogP contribution in [0.2, 0.25) is 0 Å². The minimum absolute atomic E-state index is 0.0740. The Bertz CT molecular complexity index is 1190. The van der Waals surface area contributed by atoms with Gasteiger partial charge in [0.1, 0.15) is 29.7 Å². The summed E-state index contributed by atoms with van der Waals surface area (Å²) in [5, 5.41) is 2.01. The average Bonchev–Trinajstić information content (AvgIpc) is 2.78. The summed E-state index contributed by atoms with van der Waals surface area (Å²) in [5.41, 5.74) is -5.58. The van der Waals surface area contributed by atoms with Crippen molar-refractivity contribution in [2.24, 2.45) is 0 Å². The van der Waals surface area contributed by atoms with Gasteiger partial charge in [-0.1, -0.05) is 36.4 Å². The lowest BCUT2D eigenvalue weighted by molar-refractivity contribution is -0.0328. The van der Waals surface area contributed by atoms with Crippen LogP contribution < -0.4 is 5.32 Å². The van der Waals surface area contributed by atoms with Crippen LogP contribution >= 0.6 is 11.8 Å². The first-order valence-electron chi connectivity index (χ1n) is 9.79. The Hall–Kier alpha value is -3.51. The number of hydrogen-bond donors (Lipinski definition) is 1. The molecule has 3 aromatic rings. The predicted molar refractivity (Wildman–Crippen MR) is 116 cm³/mol.